The molecule has 1 saturated carbocycles. The van der Waals surface area contributed by atoms with E-state index in [1.54, 1.807) is 6.92 Å². The largest absolute Gasteiger partial charge is 0.458 e. The van der Waals surface area contributed by atoms with Gasteiger partial charge in [0, 0.05) is 30.6 Å². The van der Waals surface area contributed by atoms with Crippen LogP contribution in [0.15, 0.2) is 40.6 Å². The fourth-order valence-corrected chi connectivity index (χ4v) is 5.14. The Morgan fingerprint density at radius 3 is 2.09 bits per heavy atom. The minimum atomic E-state index is -1.40. The molecule has 44 heavy (non-hydrogen) atoms. The van der Waals surface area contributed by atoms with Gasteiger partial charge in [-0.15, -0.1) is 0 Å². The average Bonchev–Trinajstić information content (AvgIpc) is 2.96. The predicted octanol–water partition coefficient (Wildman–Crippen LogP) is 3.75. The number of amides is 1. The highest BCUT2D eigenvalue weighted by atomic mass is 16.7. The van der Waals surface area contributed by atoms with E-state index in [0.717, 1.165) is 19.4 Å². The van der Waals surface area contributed by atoms with Crippen molar-refractivity contribution in [3.8, 4) is 0 Å². The Balaban J connectivity index is 1.84. The second-order valence-corrected chi connectivity index (χ2v) is 10.3. The van der Waals surface area contributed by atoms with Crippen LogP contribution in [-0.4, -0.2) is 78.9 Å². The first-order chi connectivity index (χ1) is 21.0. The molecule has 2 fully saturated rings. The van der Waals surface area contributed by atoms with Gasteiger partial charge in [-0.2, -0.15) is 0 Å². The van der Waals surface area contributed by atoms with E-state index >= 15 is 0 Å². The molecule has 0 aromatic heterocycles. The first-order valence-corrected chi connectivity index (χ1v) is 13.9. The van der Waals surface area contributed by atoms with Gasteiger partial charge < -0.3 is 33.7 Å². The van der Waals surface area contributed by atoms with Crippen molar-refractivity contribution < 1.29 is 47.6 Å². The lowest BCUT2D eigenvalue weighted by Crippen LogP contribution is -2.61. The fraction of sp³-hybridized carbons (Fsp3) is 0.630. The van der Waals surface area contributed by atoms with Crippen molar-refractivity contribution in [2.45, 2.75) is 108 Å². The molecule has 17 heteroatoms. The Morgan fingerprint density at radius 2 is 1.50 bits per heavy atom. The van der Waals surface area contributed by atoms with E-state index in [1.807, 2.05) is 30.3 Å². The van der Waals surface area contributed by atoms with Crippen molar-refractivity contribution in [3.63, 3.8) is 0 Å². The molecule has 1 amide bonds. The molecule has 238 valence electrons. The average molecular weight is 618 g/mol. The molecule has 1 heterocycles. The van der Waals surface area contributed by atoms with Gasteiger partial charge in [0.2, 0.25) is 0 Å². The maximum absolute atomic E-state index is 12.5. The lowest BCUT2D eigenvalue weighted by molar-refractivity contribution is -0.287. The van der Waals surface area contributed by atoms with Crippen LogP contribution in [0.2, 0.25) is 0 Å². The maximum Gasteiger partial charge on any atom is 0.407 e. The van der Waals surface area contributed by atoms with Gasteiger partial charge in [-0.05, 0) is 42.8 Å². The number of carbonyl (C=O) groups is 4. The number of alkyl carbamates (subject to hydrolysis) is 1. The van der Waals surface area contributed by atoms with E-state index < -0.39 is 78.9 Å². The molecule has 1 N–H and O–H groups in total. The number of azide groups is 2. The number of esters is 3. The zero-order valence-electron chi connectivity index (χ0n) is 24.7. The fourth-order valence-electron chi connectivity index (χ4n) is 5.14. The van der Waals surface area contributed by atoms with Crippen LogP contribution in [0.4, 0.5) is 4.79 Å². The van der Waals surface area contributed by atoms with Crippen molar-refractivity contribution >= 4 is 24.0 Å². The van der Waals surface area contributed by atoms with E-state index in [1.165, 1.54) is 6.92 Å². The van der Waals surface area contributed by atoms with E-state index in [9.17, 15) is 24.7 Å². The molecule has 0 bridgehead atoms. The summed E-state index contributed by atoms with van der Waals surface area (Å²) < 4.78 is 34.0. The minimum absolute atomic E-state index is 0.0610. The second-order valence-electron chi connectivity index (χ2n) is 10.3. The summed E-state index contributed by atoms with van der Waals surface area (Å²) in [6, 6.07) is 6.38. The van der Waals surface area contributed by atoms with E-state index in [0.29, 0.717) is 6.42 Å². The topological polar surface area (TPSA) is 233 Å². The third-order valence-electron chi connectivity index (χ3n) is 6.97. The molecule has 3 unspecified atom stereocenters. The standard InChI is InChI=1S/C27H35N7O10/c1-14(30-27(38)39-13-18-8-6-5-7-9-18)21-10-11-22(40-15(2)35)26(43-21)44-24-20(32-34-29)12-19(31-33-28)23(41-16(3)36)25(24)42-17(4)37/h5-9,14,19-26H,10-13H2,1-4H3,(H,30,38)/t14?,19-,20+,21+,22?,23+,24-,25-,26?/m1/s1. The number of carbonyl (C=O) groups excluding carboxylic acids is 4. The van der Waals surface area contributed by atoms with Crippen molar-refractivity contribution in [3.05, 3.63) is 56.8 Å². The molecule has 17 nitrogen and oxygen atoms in total. The third kappa shape index (κ3) is 9.74. The molecule has 9 atom stereocenters. The van der Waals surface area contributed by atoms with Gasteiger partial charge in [0.1, 0.15) is 18.8 Å². The Morgan fingerprint density at radius 1 is 0.909 bits per heavy atom. The van der Waals surface area contributed by atoms with Gasteiger partial charge in [0.05, 0.1) is 24.2 Å². The molecule has 1 aliphatic heterocycles. The summed E-state index contributed by atoms with van der Waals surface area (Å²) in [5.41, 5.74) is 19.2. The highest BCUT2D eigenvalue weighted by Gasteiger charge is 2.51. The second kappa shape index (κ2) is 16.3. The summed E-state index contributed by atoms with van der Waals surface area (Å²) in [4.78, 5) is 54.1. The van der Waals surface area contributed by atoms with Crippen LogP contribution in [0.1, 0.15) is 52.5 Å². The van der Waals surface area contributed by atoms with Crippen molar-refractivity contribution in [2.75, 3.05) is 0 Å². The van der Waals surface area contributed by atoms with Gasteiger partial charge >= 0.3 is 24.0 Å². The highest BCUT2D eigenvalue weighted by molar-refractivity contribution is 5.68. The number of nitrogens with one attached hydrogen (secondary N) is 1. The quantitative estimate of drug-likeness (QED) is 0.124. The van der Waals surface area contributed by atoms with E-state index in [4.69, 9.17) is 34.0 Å². The summed E-state index contributed by atoms with van der Waals surface area (Å²) in [7, 11) is 0. The van der Waals surface area contributed by atoms with Gasteiger partial charge in [-0.3, -0.25) is 14.4 Å². The normalized spacial score (nSPS) is 28.5. The Kier molecular flexibility index (Phi) is 12.6. The van der Waals surface area contributed by atoms with Crippen LogP contribution < -0.4 is 5.32 Å². The number of nitrogens with zero attached hydrogens (tertiary/aromatic N) is 6. The van der Waals surface area contributed by atoms with Crippen LogP contribution in [-0.2, 0) is 49.4 Å². The Hall–Kier alpha value is -4.56. The lowest BCUT2D eigenvalue weighted by atomic mass is 9.84. The number of hydrogen-bond donors (Lipinski definition) is 1. The third-order valence-corrected chi connectivity index (χ3v) is 6.97. The van der Waals surface area contributed by atoms with Crippen LogP contribution >= 0.6 is 0 Å². The van der Waals surface area contributed by atoms with Crippen molar-refractivity contribution in [2.24, 2.45) is 10.2 Å². The monoisotopic (exact) mass is 617 g/mol. The zero-order chi connectivity index (χ0) is 32.2. The smallest absolute Gasteiger partial charge is 0.407 e. The summed E-state index contributed by atoms with van der Waals surface area (Å²) in [5.74, 6) is -2.15. The molecule has 3 rings (SSSR count). The molecule has 2 aliphatic rings. The number of benzene rings is 1. The number of ether oxygens (including phenoxy) is 6. The molecule has 1 aromatic carbocycles. The van der Waals surface area contributed by atoms with Crippen LogP contribution in [0.5, 0.6) is 0 Å². The number of rotatable bonds is 11. The van der Waals surface area contributed by atoms with Crippen molar-refractivity contribution in [1.82, 2.24) is 5.32 Å². The molecule has 1 aliphatic carbocycles. The first-order valence-electron chi connectivity index (χ1n) is 13.9. The highest BCUT2D eigenvalue weighted by Crippen LogP contribution is 2.35. The van der Waals surface area contributed by atoms with Gasteiger partial charge in [0.15, 0.2) is 18.5 Å². The molecular weight excluding hydrogens is 582 g/mol. The van der Waals surface area contributed by atoms with Gasteiger partial charge in [-0.25, -0.2) is 4.79 Å². The first kappa shape index (κ1) is 33.9. The van der Waals surface area contributed by atoms with Crippen LogP contribution in [0.3, 0.4) is 0 Å². The summed E-state index contributed by atoms with van der Waals surface area (Å²) >= 11 is 0. The maximum atomic E-state index is 12.5. The van der Waals surface area contributed by atoms with Gasteiger partial charge in [-0.1, -0.05) is 40.6 Å². The summed E-state index contributed by atoms with van der Waals surface area (Å²) in [5, 5.41) is 10.1. The van der Waals surface area contributed by atoms with E-state index in [2.05, 4.69) is 25.4 Å². The molecule has 1 saturated heterocycles. The molecule has 1 aromatic rings. The SMILES string of the molecule is CC(=O)OC1CC[C@@H](C(C)NC(=O)OCc2ccccc2)OC1O[C@H]1[C@H](OC(C)=O)[C@@H](OC(C)=O)[C@H](N=[N+]=[N-])C[C@@H]1N=[N+]=[N-]. The predicted molar refractivity (Wildman–Crippen MR) is 149 cm³/mol. The minimum Gasteiger partial charge on any atom is -0.458 e. The molecular formula is C27H35N7O10. The number of hydrogen-bond acceptors (Lipinski definition) is 12. The van der Waals surface area contributed by atoms with E-state index in [-0.39, 0.29) is 19.4 Å². The molecule has 0 spiro atoms. The molecule has 0 radical (unpaired) electrons. The zero-order valence-corrected chi connectivity index (χ0v) is 24.7. The van der Waals surface area contributed by atoms with Crippen LogP contribution in [0.25, 0.3) is 20.9 Å². The lowest BCUT2D eigenvalue weighted by Gasteiger charge is -2.45. The van der Waals surface area contributed by atoms with Gasteiger partial charge in [0.25, 0.3) is 0 Å². The van der Waals surface area contributed by atoms with Crippen LogP contribution in [0, 0.1) is 0 Å². The Bertz CT molecular complexity index is 1270. The van der Waals surface area contributed by atoms with Crippen molar-refractivity contribution in [1.29, 1.82) is 0 Å². The summed E-state index contributed by atoms with van der Waals surface area (Å²) in [6.07, 6.45) is -7.07. The Labute approximate surface area is 252 Å². The summed E-state index contributed by atoms with van der Waals surface area (Å²) in [6.45, 7) is 5.21.